The van der Waals surface area contributed by atoms with E-state index in [1.807, 2.05) is 37.3 Å². The largest absolute Gasteiger partial charge is 0.497 e. The molecule has 0 aliphatic carbocycles. The fourth-order valence-corrected chi connectivity index (χ4v) is 4.43. The first-order valence-electron chi connectivity index (χ1n) is 12.7. The number of carbonyl (C=O) groups is 4. The summed E-state index contributed by atoms with van der Waals surface area (Å²) in [5, 5.41) is 2.76. The number of anilines is 2. The molecule has 1 aliphatic heterocycles. The van der Waals surface area contributed by atoms with E-state index in [-0.39, 0.29) is 19.6 Å². The average molecular weight is 530 g/mol. The highest BCUT2D eigenvalue weighted by molar-refractivity contribution is 6.22. The van der Waals surface area contributed by atoms with Crippen molar-refractivity contribution in [1.29, 1.82) is 0 Å². The Morgan fingerprint density at radius 1 is 0.974 bits per heavy atom. The van der Waals surface area contributed by atoms with Crippen LogP contribution in [0.1, 0.15) is 34.8 Å². The zero-order valence-corrected chi connectivity index (χ0v) is 22.2. The number of esters is 1. The molecule has 3 aromatic carbocycles. The molecule has 1 heterocycles. The van der Waals surface area contributed by atoms with Crippen molar-refractivity contribution in [2.24, 2.45) is 0 Å². The lowest BCUT2D eigenvalue weighted by molar-refractivity contribution is -0.124. The highest BCUT2D eigenvalue weighted by Gasteiger charge is 2.46. The molecule has 1 saturated heterocycles. The van der Waals surface area contributed by atoms with Gasteiger partial charge in [0.2, 0.25) is 5.91 Å². The van der Waals surface area contributed by atoms with E-state index >= 15 is 0 Å². The molecule has 0 radical (unpaired) electrons. The highest BCUT2D eigenvalue weighted by atomic mass is 16.5. The predicted molar refractivity (Wildman–Crippen MR) is 147 cm³/mol. The molecule has 9 nitrogen and oxygen atoms in total. The molecule has 39 heavy (non-hydrogen) atoms. The maximum absolute atomic E-state index is 13.5. The van der Waals surface area contributed by atoms with Crippen molar-refractivity contribution >= 4 is 35.2 Å². The molecular formula is C30H31N3O6. The summed E-state index contributed by atoms with van der Waals surface area (Å²) in [5.41, 5.74) is 3.17. The van der Waals surface area contributed by atoms with Gasteiger partial charge in [-0.05, 0) is 79.9 Å². The van der Waals surface area contributed by atoms with Crippen molar-refractivity contribution in [2.45, 2.75) is 32.7 Å². The smallest absolute Gasteiger partial charge is 0.338 e. The van der Waals surface area contributed by atoms with Crippen LogP contribution in [0.2, 0.25) is 0 Å². The second kappa shape index (κ2) is 12.3. The van der Waals surface area contributed by atoms with Gasteiger partial charge in [0, 0.05) is 12.2 Å². The van der Waals surface area contributed by atoms with E-state index < -0.39 is 29.9 Å². The SMILES string of the molecule is CCOC(=O)c1ccc(NC(=O)C[C@@H]2C(=O)N(c3cccc(C)c3)C(=O)N2CCc2ccc(OC)cc2)cc1. The number of urea groups is 1. The number of rotatable bonds is 10. The molecule has 4 rings (SSSR count). The molecule has 1 N–H and O–H groups in total. The Hall–Kier alpha value is -4.66. The third-order valence-corrected chi connectivity index (χ3v) is 6.44. The van der Waals surface area contributed by atoms with Crippen LogP contribution in [0.5, 0.6) is 5.75 Å². The van der Waals surface area contributed by atoms with Crippen LogP contribution in [-0.4, -0.2) is 55.0 Å². The van der Waals surface area contributed by atoms with Crippen molar-refractivity contribution in [2.75, 3.05) is 30.5 Å². The Morgan fingerprint density at radius 3 is 2.33 bits per heavy atom. The highest BCUT2D eigenvalue weighted by Crippen LogP contribution is 2.28. The minimum absolute atomic E-state index is 0.213. The Labute approximate surface area is 227 Å². The first kappa shape index (κ1) is 27.4. The zero-order valence-electron chi connectivity index (χ0n) is 22.2. The van der Waals surface area contributed by atoms with Gasteiger partial charge in [-0.1, -0.05) is 24.3 Å². The van der Waals surface area contributed by atoms with Crippen LogP contribution in [-0.2, 0) is 20.7 Å². The van der Waals surface area contributed by atoms with Crippen LogP contribution >= 0.6 is 0 Å². The fraction of sp³-hybridized carbons (Fsp3) is 0.267. The molecule has 0 bridgehead atoms. The molecule has 3 aromatic rings. The molecule has 0 saturated carbocycles. The van der Waals surface area contributed by atoms with E-state index in [0.717, 1.165) is 21.8 Å². The number of methoxy groups -OCH3 is 1. The van der Waals surface area contributed by atoms with Gasteiger partial charge in [0.15, 0.2) is 0 Å². The van der Waals surface area contributed by atoms with Gasteiger partial charge in [-0.3, -0.25) is 9.59 Å². The number of carbonyl (C=O) groups excluding carboxylic acids is 4. The number of hydrogen-bond donors (Lipinski definition) is 1. The molecule has 1 atom stereocenters. The van der Waals surface area contributed by atoms with E-state index in [4.69, 9.17) is 9.47 Å². The van der Waals surface area contributed by atoms with Gasteiger partial charge in [0.1, 0.15) is 11.8 Å². The topological polar surface area (TPSA) is 105 Å². The van der Waals surface area contributed by atoms with Crippen molar-refractivity contribution < 1.29 is 28.7 Å². The third-order valence-electron chi connectivity index (χ3n) is 6.44. The number of benzene rings is 3. The van der Waals surface area contributed by atoms with Crippen LogP contribution in [0.4, 0.5) is 16.2 Å². The van der Waals surface area contributed by atoms with Crippen molar-refractivity contribution in [1.82, 2.24) is 4.90 Å². The Bertz CT molecular complexity index is 1350. The molecular weight excluding hydrogens is 498 g/mol. The molecule has 0 aromatic heterocycles. The summed E-state index contributed by atoms with van der Waals surface area (Å²) in [5.74, 6) is -0.602. The molecule has 0 unspecified atom stereocenters. The van der Waals surface area contributed by atoms with Crippen molar-refractivity contribution in [3.63, 3.8) is 0 Å². The van der Waals surface area contributed by atoms with E-state index in [1.54, 1.807) is 56.5 Å². The van der Waals surface area contributed by atoms with Gasteiger partial charge in [0.05, 0.1) is 31.4 Å². The summed E-state index contributed by atoms with van der Waals surface area (Å²) in [6.45, 7) is 4.13. The van der Waals surface area contributed by atoms with Crippen LogP contribution in [0.25, 0.3) is 0 Å². The summed E-state index contributed by atoms with van der Waals surface area (Å²) in [6.07, 6.45) is 0.285. The van der Waals surface area contributed by atoms with Gasteiger partial charge in [-0.2, -0.15) is 0 Å². The summed E-state index contributed by atoms with van der Waals surface area (Å²) in [4.78, 5) is 54.5. The number of nitrogens with zero attached hydrogens (tertiary/aromatic N) is 2. The Morgan fingerprint density at radius 2 is 1.69 bits per heavy atom. The van der Waals surface area contributed by atoms with Gasteiger partial charge in [-0.15, -0.1) is 0 Å². The number of imide groups is 1. The zero-order chi connectivity index (χ0) is 27.9. The third kappa shape index (κ3) is 6.43. The summed E-state index contributed by atoms with van der Waals surface area (Å²) in [7, 11) is 1.59. The van der Waals surface area contributed by atoms with E-state index in [0.29, 0.717) is 23.4 Å². The Balaban J connectivity index is 1.51. The van der Waals surface area contributed by atoms with Gasteiger partial charge in [-0.25, -0.2) is 14.5 Å². The second-order valence-corrected chi connectivity index (χ2v) is 9.15. The number of nitrogens with one attached hydrogen (secondary N) is 1. The van der Waals surface area contributed by atoms with Gasteiger partial charge in [0.25, 0.3) is 5.91 Å². The van der Waals surface area contributed by atoms with Crippen LogP contribution in [0.3, 0.4) is 0 Å². The normalized spacial score (nSPS) is 14.9. The van der Waals surface area contributed by atoms with Gasteiger partial charge >= 0.3 is 12.0 Å². The summed E-state index contributed by atoms with van der Waals surface area (Å²) >= 11 is 0. The van der Waals surface area contributed by atoms with E-state index in [2.05, 4.69) is 5.32 Å². The van der Waals surface area contributed by atoms with E-state index in [1.165, 1.54) is 4.90 Å². The molecule has 4 amide bonds. The summed E-state index contributed by atoms with van der Waals surface area (Å²) in [6, 6.07) is 19.5. The molecule has 1 fully saturated rings. The predicted octanol–water partition coefficient (Wildman–Crippen LogP) is 4.59. The number of aryl methyl sites for hydroxylation is 1. The van der Waals surface area contributed by atoms with Crippen LogP contribution in [0, 0.1) is 6.92 Å². The Kier molecular flexibility index (Phi) is 8.60. The van der Waals surface area contributed by atoms with Crippen molar-refractivity contribution in [3.05, 3.63) is 89.5 Å². The molecule has 202 valence electrons. The lowest BCUT2D eigenvalue weighted by Gasteiger charge is -2.21. The van der Waals surface area contributed by atoms with Gasteiger partial charge < -0.3 is 19.7 Å². The standard InChI is InChI=1S/C30H31N3O6/c1-4-39-29(36)22-10-12-23(13-11-22)31-27(34)19-26-28(35)33(24-7-5-6-20(2)18-24)30(37)32(26)17-16-21-8-14-25(38-3)15-9-21/h5-15,18,26H,4,16-17,19H2,1-3H3,(H,31,34)/t26-/m1/s1. The van der Waals surface area contributed by atoms with Crippen molar-refractivity contribution in [3.8, 4) is 5.75 Å². The first-order chi connectivity index (χ1) is 18.8. The number of hydrogen-bond acceptors (Lipinski definition) is 6. The maximum Gasteiger partial charge on any atom is 0.338 e. The van der Waals surface area contributed by atoms with Crippen LogP contribution < -0.4 is 15.0 Å². The van der Waals surface area contributed by atoms with E-state index in [9.17, 15) is 19.2 Å². The first-order valence-corrected chi connectivity index (χ1v) is 12.7. The van der Waals surface area contributed by atoms with Crippen LogP contribution in [0.15, 0.2) is 72.8 Å². The summed E-state index contributed by atoms with van der Waals surface area (Å²) < 4.78 is 10.2. The monoisotopic (exact) mass is 529 g/mol. The minimum Gasteiger partial charge on any atom is -0.497 e. The molecule has 1 aliphatic rings. The maximum atomic E-state index is 13.5. The average Bonchev–Trinajstić information content (AvgIpc) is 3.16. The number of ether oxygens (including phenoxy) is 2. The molecule has 0 spiro atoms. The molecule has 9 heteroatoms. The number of amides is 4. The lowest BCUT2D eigenvalue weighted by atomic mass is 10.1. The lowest BCUT2D eigenvalue weighted by Crippen LogP contribution is -2.39. The fourth-order valence-electron chi connectivity index (χ4n) is 4.43. The quantitative estimate of drug-likeness (QED) is 0.304. The second-order valence-electron chi connectivity index (χ2n) is 9.15. The minimum atomic E-state index is -0.963.